The van der Waals surface area contributed by atoms with Gasteiger partial charge >= 0.3 is 0 Å². The van der Waals surface area contributed by atoms with E-state index >= 15 is 0 Å². The van der Waals surface area contributed by atoms with Crippen LogP contribution in [0.15, 0.2) is 0 Å². The van der Waals surface area contributed by atoms with Crippen molar-refractivity contribution in [3.05, 3.63) is 6.92 Å². The van der Waals surface area contributed by atoms with Gasteiger partial charge in [0.15, 0.2) is 0 Å². The molecule has 0 bridgehead atoms. The van der Waals surface area contributed by atoms with Crippen LogP contribution < -0.4 is 0 Å². The van der Waals surface area contributed by atoms with Crippen LogP contribution >= 0.6 is 0 Å². The van der Waals surface area contributed by atoms with E-state index in [-0.39, 0.29) is 0 Å². The maximum absolute atomic E-state index is 5.78. The second-order valence-electron chi connectivity index (χ2n) is 3.98. The molecule has 0 aromatic heterocycles. The highest BCUT2D eigenvalue weighted by Gasteiger charge is 2.05. The minimum Gasteiger partial charge on any atom is -0.378 e. The molecule has 0 aromatic carbocycles. The Labute approximate surface area is 90.2 Å². The smallest absolute Gasteiger partial charge is 0.0575 e. The maximum atomic E-state index is 5.78. The van der Waals surface area contributed by atoms with Crippen molar-refractivity contribution in [3.8, 4) is 0 Å². The molecule has 0 spiro atoms. The zero-order chi connectivity index (χ0) is 10.6. The highest BCUT2D eigenvalue weighted by Crippen LogP contribution is 2.10. The normalized spacial score (nSPS) is 13.1. The summed E-state index contributed by atoms with van der Waals surface area (Å²) in [4.78, 5) is 0. The molecule has 1 radical (unpaired) electrons. The number of ether oxygens (including phenoxy) is 1. The summed E-state index contributed by atoms with van der Waals surface area (Å²) in [6.07, 6.45) is 10.2. The fraction of sp³-hybridized carbons (Fsp3) is 0.923. The Bertz CT molecular complexity index is 101. The lowest BCUT2D eigenvalue weighted by Crippen LogP contribution is -2.12. The van der Waals surface area contributed by atoms with Crippen molar-refractivity contribution in [1.29, 1.82) is 0 Å². The highest BCUT2D eigenvalue weighted by atomic mass is 16.5. The molecule has 0 fully saturated rings. The summed E-state index contributed by atoms with van der Waals surface area (Å²) in [7, 11) is 0. The van der Waals surface area contributed by atoms with Gasteiger partial charge in [-0.1, -0.05) is 52.9 Å². The van der Waals surface area contributed by atoms with Gasteiger partial charge in [-0.25, -0.2) is 0 Å². The average molecular weight is 199 g/mol. The number of unbranched alkanes of at least 4 members (excludes halogenated alkanes) is 4. The summed E-state index contributed by atoms with van der Waals surface area (Å²) in [6.45, 7) is 9.33. The standard InChI is InChI=1S/C13H27O/c1-4-7-9-11-13(6-3)14-12-10-8-5-2/h13H,3-12H2,1-2H3. The summed E-state index contributed by atoms with van der Waals surface area (Å²) in [6, 6.07) is 0. The van der Waals surface area contributed by atoms with Gasteiger partial charge < -0.3 is 4.74 Å². The monoisotopic (exact) mass is 199 g/mol. The second-order valence-corrected chi connectivity index (χ2v) is 3.98. The van der Waals surface area contributed by atoms with Gasteiger partial charge in [0.25, 0.3) is 0 Å². The molecule has 1 unspecified atom stereocenters. The van der Waals surface area contributed by atoms with Crippen LogP contribution in [0.5, 0.6) is 0 Å². The molecule has 1 atom stereocenters. The van der Waals surface area contributed by atoms with Gasteiger partial charge in [-0.15, -0.1) is 0 Å². The van der Waals surface area contributed by atoms with E-state index in [0.29, 0.717) is 6.10 Å². The number of rotatable bonds is 10. The predicted octanol–water partition coefficient (Wildman–Crippen LogP) is 4.37. The first-order chi connectivity index (χ1) is 6.85. The van der Waals surface area contributed by atoms with Gasteiger partial charge in [0, 0.05) is 6.61 Å². The largest absolute Gasteiger partial charge is 0.378 e. The third-order valence-electron chi connectivity index (χ3n) is 2.55. The first-order valence-corrected chi connectivity index (χ1v) is 6.26. The first-order valence-electron chi connectivity index (χ1n) is 6.26. The van der Waals surface area contributed by atoms with Crippen molar-refractivity contribution < 1.29 is 4.74 Å². The van der Waals surface area contributed by atoms with E-state index in [0.717, 1.165) is 13.0 Å². The zero-order valence-corrected chi connectivity index (χ0v) is 10.1. The minimum atomic E-state index is 0.415. The maximum Gasteiger partial charge on any atom is 0.0575 e. The molecule has 1 nitrogen and oxygen atoms in total. The fourth-order valence-electron chi connectivity index (χ4n) is 1.54. The van der Waals surface area contributed by atoms with E-state index in [1.54, 1.807) is 0 Å². The topological polar surface area (TPSA) is 9.23 Å². The molecule has 0 aliphatic carbocycles. The quantitative estimate of drug-likeness (QED) is 0.475. The Morgan fingerprint density at radius 3 is 2.21 bits per heavy atom. The molecule has 0 saturated carbocycles. The molecule has 0 aliphatic rings. The third-order valence-corrected chi connectivity index (χ3v) is 2.55. The summed E-state index contributed by atoms with van der Waals surface area (Å²) < 4.78 is 5.78. The molecule has 85 valence electrons. The van der Waals surface area contributed by atoms with E-state index in [1.165, 1.54) is 44.9 Å². The molecule has 0 amide bonds. The Morgan fingerprint density at radius 1 is 1.00 bits per heavy atom. The van der Waals surface area contributed by atoms with Crippen molar-refractivity contribution in [3.63, 3.8) is 0 Å². The van der Waals surface area contributed by atoms with Crippen molar-refractivity contribution >= 4 is 0 Å². The Balaban J connectivity index is 3.28. The van der Waals surface area contributed by atoms with Crippen LogP contribution in [0.3, 0.4) is 0 Å². The van der Waals surface area contributed by atoms with Gasteiger partial charge in [0.05, 0.1) is 6.10 Å². The van der Waals surface area contributed by atoms with Crippen molar-refractivity contribution in [2.45, 2.75) is 71.3 Å². The Morgan fingerprint density at radius 2 is 1.64 bits per heavy atom. The Hall–Kier alpha value is -0.0400. The van der Waals surface area contributed by atoms with E-state index in [2.05, 4.69) is 20.8 Å². The van der Waals surface area contributed by atoms with Gasteiger partial charge in [0.2, 0.25) is 0 Å². The molecule has 1 heteroatoms. The van der Waals surface area contributed by atoms with Crippen molar-refractivity contribution in [2.75, 3.05) is 6.61 Å². The Kier molecular flexibility index (Phi) is 11.0. The van der Waals surface area contributed by atoms with E-state index in [1.807, 2.05) is 0 Å². The fourth-order valence-corrected chi connectivity index (χ4v) is 1.54. The van der Waals surface area contributed by atoms with E-state index in [4.69, 9.17) is 4.74 Å². The van der Waals surface area contributed by atoms with Crippen LogP contribution in [0.4, 0.5) is 0 Å². The SMILES string of the molecule is [CH2]CC(CCCCC)OCCCCC. The molecular formula is C13H27O. The molecule has 0 rings (SSSR count). The molecule has 0 saturated heterocycles. The van der Waals surface area contributed by atoms with Crippen LogP contribution in [-0.4, -0.2) is 12.7 Å². The zero-order valence-electron chi connectivity index (χ0n) is 10.1. The molecule has 0 aliphatic heterocycles. The molecule has 0 aromatic rings. The number of hydrogen-bond acceptors (Lipinski definition) is 1. The van der Waals surface area contributed by atoms with E-state index < -0.39 is 0 Å². The molecule has 0 heterocycles. The lowest BCUT2D eigenvalue weighted by atomic mass is 10.1. The second kappa shape index (κ2) is 11.0. The van der Waals surface area contributed by atoms with Gasteiger partial charge in [-0.3, -0.25) is 0 Å². The summed E-state index contributed by atoms with van der Waals surface area (Å²) >= 11 is 0. The van der Waals surface area contributed by atoms with Crippen LogP contribution in [0.25, 0.3) is 0 Å². The molecule has 14 heavy (non-hydrogen) atoms. The van der Waals surface area contributed by atoms with Crippen molar-refractivity contribution in [2.24, 2.45) is 0 Å². The van der Waals surface area contributed by atoms with E-state index in [9.17, 15) is 0 Å². The lowest BCUT2D eigenvalue weighted by Gasteiger charge is -2.15. The first kappa shape index (κ1) is 14.0. The summed E-state index contributed by atoms with van der Waals surface area (Å²) in [5.74, 6) is 0. The lowest BCUT2D eigenvalue weighted by molar-refractivity contribution is 0.0449. The number of hydrogen-bond donors (Lipinski definition) is 0. The van der Waals surface area contributed by atoms with Gasteiger partial charge in [-0.2, -0.15) is 0 Å². The molecular weight excluding hydrogens is 172 g/mol. The summed E-state index contributed by atoms with van der Waals surface area (Å²) in [5, 5.41) is 0. The predicted molar refractivity (Wildman–Crippen MR) is 63.4 cm³/mol. The third kappa shape index (κ3) is 8.55. The van der Waals surface area contributed by atoms with Crippen LogP contribution in [-0.2, 0) is 4.74 Å². The van der Waals surface area contributed by atoms with Crippen LogP contribution in [0.2, 0.25) is 0 Å². The van der Waals surface area contributed by atoms with Crippen molar-refractivity contribution in [1.82, 2.24) is 0 Å². The van der Waals surface area contributed by atoms with Crippen LogP contribution in [0.1, 0.15) is 65.2 Å². The van der Waals surface area contributed by atoms with Gasteiger partial charge in [-0.05, 0) is 19.3 Å². The average Bonchev–Trinajstić information content (AvgIpc) is 2.22. The minimum absolute atomic E-state index is 0.415. The highest BCUT2D eigenvalue weighted by molar-refractivity contribution is 4.59. The molecule has 0 N–H and O–H groups in total. The summed E-state index contributed by atoms with van der Waals surface area (Å²) in [5.41, 5.74) is 0. The van der Waals surface area contributed by atoms with Crippen LogP contribution in [0, 0.1) is 6.92 Å². The van der Waals surface area contributed by atoms with Gasteiger partial charge in [0.1, 0.15) is 0 Å².